The van der Waals surface area contributed by atoms with Gasteiger partial charge in [-0.05, 0) is 42.5 Å². The van der Waals surface area contributed by atoms with Gasteiger partial charge < -0.3 is 10.0 Å². The standard InChI is InChI=1S/C14H19NO2.C2H6/c1-14(2)7-9-15(10-8-14)12-5-3-11(4-6-12)13(16)17;1-2/h3-6H,7-10H2,1-2H3,(H,16,17);1-2H3. The van der Waals surface area contributed by atoms with E-state index in [0.717, 1.165) is 18.8 Å². The molecule has 1 saturated heterocycles. The van der Waals surface area contributed by atoms with Crippen LogP contribution in [0, 0.1) is 5.41 Å². The van der Waals surface area contributed by atoms with Crippen molar-refractivity contribution in [3.8, 4) is 0 Å². The zero-order valence-electron chi connectivity index (χ0n) is 12.4. The topological polar surface area (TPSA) is 40.5 Å². The summed E-state index contributed by atoms with van der Waals surface area (Å²) >= 11 is 0. The second kappa shape index (κ2) is 6.60. The second-order valence-corrected chi connectivity index (χ2v) is 5.50. The Kier molecular flexibility index (Phi) is 5.40. The summed E-state index contributed by atoms with van der Waals surface area (Å²) in [6.45, 7) is 10.7. The number of carbonyl (C=O) groups is 1. The Bertz CT molecular complexity index is 399. The van der Waals surface area contributed by atoms with E-state index in [2.05, 4.69) is 18.7 Å². The van der Waals surface area contributed by atoms with Gasteiger partial charge in [0.05, 0.1) is 5.56 Å². The Morgan fingerprint density at radius 1 is 1.11 bits per heavy atom. The summed E-state index contributed by atoms with van der Waals surface area (Å²) < 4.78 is 0. The van der Waals surface area contributed by atoms with Gasteiger partial charge in [-0.15, -0.1) is 0 Å². The molecule has 1 fully saturated rings. The molecule has 0 atom stereocenters. The maximum Gasteiger partial charge on any atom is 0.335 e. The molecule has 0 spiro atoms. The average molecular weight is 263 g/mol. The summed E-state index contributed by atoms with van der Waals surface area (Å²) in [6, 6.07) is 7.17. The lowest BCUT2D eigenvalue weighted by atomic mass is 9.82. The molecule has 1 aliphatic rings. The van der Waals surface area contributed by atoms with Crippen molar-refractivity contribution in [2.75, 3.05) is 18.0 Å². The predicted octanol–water partition coefficient (Wildman–Crippen LogP) is 4.04. The fourth-order valence-electron chi connectivity index (χ4n) is 2.19. The lowest BCUT2D eigenvalue weighted by Crippen LogP contribution is -2.37. The molecule has 0 radical (unpaired) electrons. The van der Waals surface area contributed by atoms with Gasteiger partial charge in [0.1, 0.15) is 0 Å². The van der Waals surface area contributed by atoms with Crippen LogP contribution < -0.4 is 4.90 Å². The lowest BCUT2D eigenvalue weighted by Gasteiger charge is -2.38. The molecular formula is C16H25NO2. The van der Waals surface area contributed by atoms with Crippen LogP contribution in [0.1, 0.15) is 50.9 Å². The highest BCUT2D eigenvalue weighted by molar-refractivity contribution is 5.88. The van der Waals surface area contributed by atoms with Gasteiger partial charge in [0.15, 0.2) is 0 Å². The minimum absolute atomic E-state index is 0.353. The SMILES string of the molecule is CC.CC1(C)CCN(c2ccc(C(=O)O)cc2)CC1. The summed E-state index contributed by atoms with van der Waals surface area (Å²) in [5.41, 5.74) is 1.92. The minimum Gasteiger partial charge on any atom is -0.478 e. The van der Waals surface area contributed by atoms with Crippen LogP contribution in [0.25, 0.3) is 0 Å². The van der Waals surface area contributed by atoms with Crippen molar-refractivity contribution in [1.29, 1.82) is 0 Å². The highest BCUT2D eigenvalue weighted by Gasteiger charge is 2.25. The Hall–Kier alpha value is -1.51. The average Bonchev–Trinajstić information content (AvgIpc) is 2.41. The van der Waals surface area contributed by atoms with Crippen molar-refractivity contribution in [3.63, 3.8) is 0 Å². The van der Waals surface area contributed by atoms with Crippen LogP contribution in [-0.4, -0.2) is 24.2 Å². The number of aromatic carboxylic acids is 1. The molecule has 19 heavy (non-hydrogen) atoms. The molecule has 1 N–H and O–H groups in total. The van der Waals surface area contributed by atoms with E-state index in [-0.39, 0.29) is 0 Å². The predicted molar refractivity (Wildman–Crippen MR) is 80.0 cm³/mol. The number of benzene rings is 1. The van der Waals surface area contributed by atoms with Crippen molar-refractivity contribution in [2.45, 2.75) is 40.5 Å². The van der Waals surface area contributed by atoms with Crippen LogP contribution in [0.3, 0.4) is 0 Å². The van der Waals surface area contributed by atoms with Crippen molar-refractivity contribution in [2.24, 2.45) is 5.41 Å². The van der Waals surface area contributed by atoms with Gasteiger partial charge >= 0.3 is 5.97 Å². The molecule has 0 unspecified atom stereocenters. The number of hydrogen-bond acceptors (Lipinski definition) is 2. The molecule has 1 heterocycles. The van der Waals surface area contributed by atoms with Gasteiger partial charge in [-0.25, -0.2) is 4.79 Å². The van der Waals surface area contributed by atoms with Gasteiger partial charge in [0.2, 0.25) is 0 Å². The van der Waals surface area contributed by atoms with Gasteiger partial charge in [0.25, 0.3) is 0 Å². The number of rotatable bonds is 2. The maximum absolute atomic E-state index is 10.8. The van der Waals surface area contributed by atoms with Crippen LogP contribution in [0.15, 0.2) is 24.3 Å². The van der Waals surface area contributed by atoms with Crippen molar-refractivity contribution in [1.82, 2.24) is 0 Å². The number of carboxylic acid groups (broad SMARTS) is 1. The molecule has 1 aromatic carbocycles. The molecule has 0 aliphatic carbocycles. The van der Waals surface area contributed by atoms with E-state index < -0.39 is 5.97 Å². The van der Waals surface area contributed by atoms with Crippen molar-refractivity contribution >= 4 is 11.7 Å². The quantitative estimate of drug-likeness (QED) is 0.875. The smallest absolute Gasteiger partial charge is 0.335 e. The summed E-state index contributed by atoms with van der Waals surface area (Å²) in [4.78, 5) is 13.1. The zero-order valence-corrected chi connectivity index (χ0v) is 12.4. The monoisotopic (exact) mass is 263 g/mol. The molecule has 1 aromatic rings. The lowest BCUT2D eigenvalue weighted by molar-refractivity contribution is 0.0697. The van der Waals surface area contributed by atoms with Crippen molar-refractivity contribution < 1.29 is 9.90 Å². The minimum atomic E-state index is -0.865. The van der Waals surface area contributed by atoms with E-state index in [1.807, 2.05) is 26.0 Å². The molecule has 1 aliphatic heterocycles. The van der Waals surface area contributed by atoms with E-state index in [1.165, 1.54) is 12.8 Å². The highest BCUT2D eigenvalue weighted by atomic mass is 16.4. The molecule has 3 heteroatoms. The Balaban J connectivity index is 0.000000861. The number of anilines is 1. The Morgan fingerprint density at radius 2 is 1.58 bits per heavy atom. The number of nitrogens with zero attached hydrogens (tertiary/aromatic N) is 1. The van der Waals surface area contributed by atoms with Crippen LogP contribution in [0.5, 0.6) is 0 Å². The number of carboxylic acids is 1. The van der Waals surface area contributed by atoms with Gasteiger partial charge in [-0.3, -0.25) is 0 Å². The van der Waals surface area contributed by atoms with Crippen LogP contribution in [-0.2, 0) is 0 Å². The Labute approximate surface area is 116 Å². The summed E-state index contributed by atoms with van der Waals surface area (Å²) in [5, 5.41) is 8.84. The zero-order chi connectivity index (χ0) is 14.5. The van der Waals surface area contributed by atoms with E-state index in [9.17, 15) is 4.79 Å². The normalized spacial score (nSPS) is 17.4. The van der Waals surface area contributed by atoms with E-state index in [4.69, 9.17) is 5.11 Å². The number of piperidine rings is 1. The van der Waals surface area contributed by atoms with E-state index >= 15 is 0 Å². The van der Waals surface area contributed by atoms with E-state index in [0.29, 0.717) is 11.0 Å². The van der Waals surface area contributed by atoms with Gasteiger partial charge in [0, 0.05) is 18.8 Å². The first-order valence-electron chi connectivity index (χ1n) is 7.06. The van der Waals surface area contributed by atoms with Crippen LogP contribution in [0.2, 0.25) is 0 Å². The van der Waals surface area contributed by atoms with Crippen LogP contribution >= 0.6 is 0 Å². The first-order valence-corrected chi connectivity index (χ1v) is 7.06. The molecule has 0 saturated carbocycles. The first-order chi connectivity index (χ1) is 8.98. The largest absolute Gasteiger partial charge is 0.478 e. The van der Waals surface area contributed by atoms with Gasteiger partial charge in [-0.1, -0.05) is 27.7 Å². The molecule has 2 rings (SSSR count). The summed E-state index contributed by atoms with van der Waals surface area (Å²) in [6.07, 6.45) is 2.38. The fourth-order valence-corrected chi connectivity index (χ4v) is 2.19. The van der Waals surface area contributed by atoms with Gasteiger partial charge in [-0.2, -0.15) is 0 Å². The second-order valence-electron chi connectivity index (χ2n) is 5.50. The third kappa shape index (κ3) is 4.27. The molecule has 106 valence electrons. The third-order valence-electron chi connectivity index (χ3n) is 3.60. The Morgan fingerprint density at radius 3 is 2.00 bits per heavy atom. The molecular weight excluding hydrogens is 238 g/mol. The molecule has 0 aromatic heterocycles. The molecule has 0 bridgehead atoms. The third-order valence-corrected chi connectivity index (χ3v) is 3.60. The fraction of sp³-hybridized carbons (Fsp3) is 0.562. The maximum atomic E-state index is 10.8. The van der Waals surface area contributed by atoms with E-state index in [1.54, 1.807) is 12.1 Å². The number of hydrogen-bond donors (Lipinski definition) is 1. The van der Waals surface area contributed by atoms with Crippen molar-refractivity contribution in [3.05, 3.63) is 29.8 Å². The van der Waals surface area contributed by atoms with Crippen LogP contribution in [0.4, 0.5) is 5.69 Å². The molecule has 3 nitrogen and oxygen atoms in total. The first kappa shape index (κ1) is 15.5. The molecule has 0 amide bonds. The summed E-state index contributed by atoms with van der Waals surface area (Å²) in [7, 11) is 0. The summed E-state index contributed by atoms with van der Waals surface area (Å²) in [5.74, 6) is -0.865. The highest BCUT2D eigenvalue weighted by Crippen LogP contribution is 2.32.